The quantitative estimate of drug-likeness (QED) is 0.775. The van der Waals surface area contributed by atoms with Gasteiger partial charge in [-0.3, -0.25) is 9.59 Å². The minimum atomic E-state index is -1.04. The standard InChI is InChI=1S/C18H12ClFN2O4/c1-25-11-5-2-9(3-6-11)15-14-16(26-21-15)18(24)22(17(14)23)10-4-7-13(20)12(19)8-10/h2-8,14,16H,1H3/t14-,16-/m1/s1. The monoisotopic (exact) mass is 374 g/mol. The van der Waals surface area contributed by atoms with Crippen LogP contribution in [-0.4, -0.2) is 30.7 Å². The lowest BCUT2D eigenvalue weighted by Gasteiger charge is -2.15. The zero-order chi connectivity index (χ0) is 18.4. The number of ether oxygens (including phenoxy) is 1. The molecule has 2 heterocycles. The molecule has 26 heavy (non-hydrogen) atoms. The van der Waals surface area contributed by atoms with Crippen molar-refractivity contribution < 1.29 is 23.6 Å². The van der Waals surface area contributed by atoms with E-state index in [1.165, 1.54) is 12.1 Å². The lowest BCUT2D eigenvalue weighted by molar-refractivity contribution is -0.126. The maximum Gasteiger partial charge on any atom is 0.278 e. The molecule has 2 aliphatic rings. The molecule has 4 rings (SSSR count). The normalized spacial score (nSPS) is 21.5. The van der Waals surface area contributed by atoms with Gasteiger partial charge in [-0.15, -0.1) is 0 Å². The second kappa shape index (κ2) is 6.10. The second-order valence-electron chi connectivity index (χ2n) is 5.82. The summed E-state index contributed by atoms with van der Waals surface area (Å²) in [6, 6.07) is 10.6. The van der Waals surface area contributed by atoms with Gasteiger partial charge in [0, 0.05) is 5.56 Å². The van der Waals surface area contributed by atoms with Crippen LogP contribution in [0.4, 0.5) is 10.1 Å². The molecular formula is C18H12ClFN2O4. The molecule has 2 aromatic carbocycles. The van der Waals surface area contributed by atoms with E-state index in [1.54, 1.807) is 31.4 Å². The molecule has 0 radical (unpaired) electrons. The Hall–Kier alpha value is -2.93. The first-order chi connectivity index (χ1) is 12.5. The number of imide groups is 1. The summed E-state index contributed by atoms with van der Waals surface area (Å²) in [5, 5.41) is 3.75. The third-order valence-corrected chi connectivity index (χ3v) is 4.65. The van der Waals surface area contributed by atoms with E-state index in [-0.39, 0.29) is 10.7 Å². The van der Waals surface area contributed by atoms with E-state index in [2.05, 4.69) is 5.16 Å². The molecule has 0 aliphatic carbocycles. The highest BCUT2D eigenvalue weighted by Crippen LogP contribution is 2.36. The van der Waals surface area contributed by atoms with Gasteiger partial charge in [0.05, 0.1) is 17.8 Å². The summed E-state index contributed by atoms with van der Waals surface area (Å²) in [6.45, 7) is 0. The Labute approximate surface area is 152 Å². The first-order valence-corrected chi connectivity index (χ1v) is 8.10. The van der Waals surface area contributed by atoms with Crippen molar-refractivity contribution in [2.75, 3.05) is 12.0 Å². The third kappa shape index (κ3) is 2.43. The topological polar surface area (TPSA) is 68.2 Å². The summed E-state index contributed by atoms with van der Waals surface area (Å²) >= 11 is 5.77. The fraction of sp³-hybridized carbons (Fsp3) is 0.167. The maximum atomic E-state index is 13.4. The Balaban J connectivity index is 1.68. The van der Waals surface area contributed by atoms with E-state index in [0.29, 0.717) is 17.0 Å². The van der Waals surface area contributed by atoms with Gasteiger partial charge < -0.3 is 9.57 Å². The molecule has 6 nitrogen and oxygen atoms in total. The molecule has 0 aromatic heterocycles. The number of carbonyl (C=O) groups excluding carboxylic acids is 2. The van der Waals surface area contributed by atoms with E-state index in [4.69, 9.17) is 21.2 Å². The summed E-state index contributed by atoms with van der Waals surface area (Å²) in [6.07, 6.45) is -1.04. The molecule has 2 aliphatic heterocycles. The van der Waals surface area contributed by atoms with Gasteiger partial charge in [-0.2, -0.15) is 0 Å². The smallest absolute Gasteiger partial charge is 0.278 e. The van der Waals surface area contributed by atoms with Crippen molar-refractivity contribution in [3.05, 3.63) is 58.9 Å². The average Bonchev–Trinajstić information content (AvgIpc) is 3.18. The first-order valence-electron chi connectivity index (χ1n) is 7.72. The minimum Gasteiger partial charge on any atom is -0.497 e. The number of carbonyl (C=O) groups is 2. The van der Waals surface area contributed by atoms with Crippen LogP contribution in [0.15, 0.2) is 47.6 Å². The van der Waals surface area contributed by atoms with E-state index in [1.807, 2.05) is 0 Å². The van der Waals surface area contributed by atoms with Crippen molar-refractivity contribution in [3.63, 3.8) is 0 Å². The number of fused-ring (bicyclic) bond motifs is 1. The lowest BCUT2D eigenvalue weighted by atomic mass is 9.94. The number of methoxy groups -OCH3 is 1. The first kappa shape index (κ1) is 16.5. The Kier molecular flexibility index (Phi) is 3.88. The Morgan fingerprint density at radius 3 is 2.54 bits per heavy atom. The van der Waals surface area contributed by atoms with Crippen LogP contribution in [-0.2, 0) is 14.4 Å². The highest BCUT2D eigenvalue weighted by Gasteiger charge is 2.56. The van der Waals surface area contributed by atoms with Crippen molar-refractivity contribution in [3.8, 4) is 5.75 Å². The van der Waals surface area contributed by atoms with Crippen molar-refractivity contribution in [1.29, 1.82) is 0 Å². The maximum absolute atomic E-state index is 13.4. The van der Waals surface area contributed by atoms with Crippen molar-refractivity contribution in [2.24, 2.45) is 11.1 Å². The van der Waals surface area contributed by atoms with Crippen molar-refractivity contribution >= 4 is 34.8 Å². The lowest BCUT2D eigenvalue weighted by Crippen LogP contribution is -2.33. The number of halogens is 2. The van der Waals surface area contributed by atoms with Crippen LogP contribution in [0, 0.1) is 11.7 Å². The molecular weight excluding hydrogens is 363 g/mol. The summed E-state index contributed by atoms with van der Waals surface area (Å²) in [5.74, 6) is -1.89. The zero-order valence-electron chi connectivity index (χ0n) is 13.5. The fourth-order valence-electron chi connectivity index (χ4n) is 3.06. The highest BCUT2D eigenvalue weighted by molar-refractivity contribution is 6.34. The van der Waals surface area contributed by atoms with Gasteiger partial charge in [0.1, 0.15) is 23.2 Å². The zero-order valence-corrected chi connectivity index (χ0v) is 14.2. The van der Waals surface area contributed by atoms with Crippen LogP contribution < -0.4 is 9.64 Å². The number of anilines is 1. The number of oxime groups is 1. The van der Waals surface area contributed by atoms with Gasteiger partial charge in [-0.05, 0) is 42.5 Å². The van der Waals surface area contributed by atoms with E-state index in [0.717, 1.165) is 11.0 Å². The average molecular weight is 375 g/mol. The number of rotatable bonds is 3. The van der Waals surface area contributed by atoms with Gasteiger partial charge in [-0.1, -0.05) is 16.8 Å². The van der Waals surface area contributed by atoms with Crippen LogP contribution in [0.2, 0.25) is 5.02 Å². The van der Waals surface area contributed by atoms with Gasteiger partial charge in [0.15, 0.2) is 0 Å². The van der Waals surface area contributed by atoms with Gasteiger partial charge in [-0.25, -0.2) is 9.29 Å². The van der Waals surface area contributed by atoms with E-state index >= 15 is 0 Å². The fourth-order valence-corrected chi connectivity index (χ4v) is 3.23. The Bertz CT molecular complexity index is 945. The number of hydrogen-bond donors (Lipinski definition) is 0. The largest absolute Gasteiger partial charge is 0.497 e. The molecule has 0 N–H and O–H groups in total. The summed E-state index contributed by atoms with van der Waals surface area (Å²) < 4.78 is 18.5. The molecule has 2 aromatic rings. The third-order valence-electron chi connectivity index (χ3n) is 4.36. The Morgan fingerprint density at radius 1 is 1.15 bits per heavy atom. The Morgan fingerprint density at radius 2 is 1.88 bits per heavy atom. The van der Waals surface area contributed by atoms with Gasteiger partial charge >= 0.3 is 0 Å². The SMILES string of the molecule is COc1ccc(C2=NO[C@H]3C(=O)N(c4ccc(F)c(Cl)c4)C(=O)[C@H]23)cc1. The molecule has 1 fully saturated rings. The van der Waals surface area contributed by atoms with Crippen LogP contribution in [0.1, 0.15) is 5.56 Å². The highest BCUT2D eigenvalue weighted by atomic mass is 35.5. The second-order valence-corrected chi connectivity index (χ2v) is 6.23. The molecule has 0 unspecified atom stereocenters. The van der Waals surface area contributed by atoms with Crippen LogP contribution in [0.3, 0.4) is 0 Å². The number of benzene rings is 2. The minimum absolute atomic E-state index is 0.176. The molecule has 0 spiro atoms. The molecule has 2 atom stereocenters. The van der Waals surface area contributed by atoms with E-state index in [9.17, 15) is 14.0 Å². The van der Waals surface area contributed by atoms with Crippen LogP contribution in [0.25, 0.3) is 0 Å². The molecule has 8 heteroatoms. The number of hydrogen-bond acceptors (Lipinski definition) is 5. The molecule has 0 saturated carbocycles. The van der Waals surface area contributed by atoms with Crippen LogP contribution >= 0.6 is 11.6 Å². The molecule has 0 bridgehead atoms. The summed E-state index contributed by atoms with van der Waals surface area (Å²) in [7, 11) is 1.55. The van der Waals surface area contributed by atoms with Crippen LogP contribution in [0.5, 0.6) is 5.75 Å². The number of amides is 2. The van der Waals surface area contributed by atoms with Crippen molar-refractivity contribution in [2.45, 2.75) is 6.10 Å². The molecule has 2 amide bonds. The molecule has 1 saturated heterocycles. The van der Waals surface area contributed by atoms with Gasteiger partial charge in [0.25, 0.3) is 5.91 Å². The number of nitrogens with zero attached hydrogens (tertiary/aromatic N) is 2. The van der Waals surface area contributed by atoms with Crippen molar-refractivity contribution in [1.82, 2.24) is 0 Å². The summed E-state index contributed by atoms with van der Waals surface area (Å²) in [4.78, 5) is 31.7. The molecule has 132 valence electrons. The van der Waals surface area contributed by atoms with Gasteiger partial charge in [0.2, 0.25) is 12.0 Å². The summed E-state index contributed by atoms with van der Waals surface area (Å²) in [5.41, 5.74) is 1.21. The predicted octanol–water partition coefficient (Wildman–Crippen LogP) is 2.78. The predicted molar refractivity (Wildman–Crippen MR) is 91.8 cm³/mol. The van der Waals surface area contributed by atoms with E-state index < -0.39 is 29.7 Å².